The minimum absolute atomic E-state index is 0.0377. The van der Waals surface area contributed by atoms with Gasteiger partial charge in [0.25, 0.3) is 0 Å². The monoisotopic (exact) mass is 624 g/mol. The number of aromatic nitrogens is 2. The highest BCUT2D eigenvalue weighted by molar-refractivity contribution is 5.66. The van der Waals surface area contributed by atoms with Gasteiger partial charge in [0.2, 0.25) is 11.8 Å². The smallest absolute Gasteiger partial charge is 0.416 e. The van der Waals surface area contributed by atoms with E-state index in [9.17, 15) is 36.6 Å². The van der Waals surface area contributed by atoms with Gasteiger partial charge in [0.05, 0.1) is 37.6 Å². The molecule has 0 aliphatic carbocycles. The van der Waals surface area contributed by atoms with Gasteiger partial charge in [-0.05, 0) is 47.5 Å². The zero-order valence-electron chi connectivity index (χ0n) is 22.8. The fourth-order valence-corrected chi connectivity index (χ4v) is 3.62. The molecule has 0 saturated heterocycles. The number of ether oxygens (including phenoxy) is 2. The van der Waals surface area contributed by atoms with Crippen molar-refractivity contribution in [3.8, 4) is 0 Å². The molecule has 0 spiro atoms. The van der Waals surface area contributed by atoms with E-state index in [1.165, 1.54) is 61.1 Å². The Morgan fingerprint density at radius 2 is 0.977 bits per heavy atom. The third-order valence-corrected chi connectivity index (χ3v) is 5.97. The van der Waals surface area contributed by atoms with Crippen LogP contribution in [0, 0.1) is 0 Å². The van der Waals surface area contributed by atoms with E-state index in [0.717, 1.165) is 24.3 Å². The molecule has 2 aromatic carbocycles. The number of hydrogen-bond donors (Lipinski definition) is 2. The van der Waals surface area contributed by atoms with Gasteiger partial charge in [0.1, 0.15) is 36.1 Å². The molecule has 4 aromatic rings. The number of aliphatic hydroxyl groups is 2. The summed E-state index contributed by atoms with van der Waals surface area (Å²) in [5, 5.41) is 20.3. The zero-order valence-corrected chi connectivity index (χ0v) is 22.8. The molecular formula is C30H26F6N2O6. The second-order valence-electron chi connectivity index (χ2n) is 9.43. The van der Waals surface area contributed by atoms with Gasteiger partial charge in [-0.2, -0.15) is 26.3 Å². The number of nitrogens with zero attached hydrogens (tertiary/aromatic N) is 2. The molecular weight excluding hydrogens is 598 g/mol. The molecule has 2 atom stereocenters. The van der Waals surface area contributed by atoms with Crippen LogP contribution in [-0.2, 0) is 35.0 Å². The second-order valence-corrected chi connectivity index (χ2v) is 9.43. The molecule has 4 rings (SSSR count). The minimum atomic E-state index is -4.41. The number of halogens is 6. The molecule has 0 aliphatic heterocycles. The molecule has 0 fully saturated rings. The van der Waals surface area contributed by atoms with E-state index in [4.69, 9.17) is 18.3 Å². The lowest BCUT2D eigenvalue weighted by Crippen LogP contribution is -2.34. The molecule has 44 heavy (non-hydrogen) atoms. The Labute approximate surface area is 246 Å². The van der Waals surface area contributed by atoms with Gasteiger partial charge in [0.15, 0.2) is 0 Å². The van der Waals surface area contributed by atoms with Crippen molar-refractivity contribution in [2.45, 2.75) is 37.8 Å². The normalized spacial score (nSPS) is 14.1. The SMILES string of the molecule is O[C@H](COCc1coc(/C=C/c2ccc(C(F)(F)F)cc2)n1)[C@H](O)COCc1coc(/C=C/c2ccc(C(F)(F)F)cc2)n1. The Balaban J connectivity index is 1.14. The van der Waals surface area contributed by atoms with Crippen molar-refractivity contribution in [3.05, 3.63) is 106 Å². The Bertz CT molecular complexity index is 1410. The summed E-state index contributed by atoms with van der Waals surface area (Å²) >= 11 is 0. The van der Waals surface area contributed by atoms with Gasteiger partial charge < -0.3 is 28.5 Å². The number of aliphatic hydroxyl groups excluding tert-OH is 2. The third kappa shape index (κ3) is 9.91. The highest BCUT2D eigenvalue weighted by Crippen LogP contribution is 2.30. The summed E-state index contributed by atoms with van der Waals surface area (Å²) in [6.45, 7) is -0.554. The molecule has 0 amide bonds. The lowest BCUT2D eigenvalue weighted by atomic mass is 10.1. The Kier molecular flexibility index (Phi) is 10.8. The van der Waals surface area contributed by atoms with Gasteiger partial charge >= 0.3 is 12.4 Å². The maximum atomic E-state index is 12.7. The summed E-state index contributed by atoms with van der Waals surface area (Å²) in [5.41, 5.74) is 0.325. The van der Waals surface area contributed by atoms with E-state index in [2.05, 4.69) is 9.97 Å². The number of rotatable bonds is 13. The van der Waals surface area contributed by atoms with Crippen molar-refractivity contribution in [2.24, 2.45) is 0 Å². The van der Waals surface area contributed by atoms with Crippen LogP contribution in [0.15, 0.2) is 69.9 Å². The molecule has 2 heterocycles. The van der Waals surface area contributed by atoms with Gasteiger partial charge in [-0.15, -0.1) is 0 Å². The van der Waals surface area contributed by atoms with Crippen LogP contribution >= 0.6 is 0 Å². The number of hydrogen-bond acceptors (Lipinski definition) is 8. The van der Waals surface area contributed by atoms with Crippen molar-refractivity contribution < 1.29 is 54.9 Å². The molecule has 0 unspecified atom stereocenters. The molecule has 2 aromatic heterocycles. The van der Waals surface area contributed by atoms with Crippen LogP contribution in [0.3, 0.4) is 0 Å². The van der Waals surface area contributed by atoms with Crippen LogP contribution in [0.4, 0.5) is 26.3 Å². The highest BCUT2D eigenvalue weighted by Gasteiger charge is 2.30. The second kappa shape index (κ2) is 14.5. The number of oxazole rings is 2. The first-order valence-electron chi connectivity index (χ1n) is 13.0. The first kappa shape index (κ1) is 32.7. The largest absolute Gasteiger partial charge is 0.445 e. The van der Waals surface area contributed by atoms with E-state index in [-0.39, 0.29) is 38.2 Å². The zero-order chi connectivity index (χ0) is 31.7. The number of alkyl halides is 6. The summed E-state index contributed by atoms with van der Waals surface area (Å²) in [5.74, 6) is 0.396. The standard InChI is InChI=1S/C30H26F6N2O6/c31-29(32,33)21-7-1-19(2-8-21)5-11-27-37-23(15-43-27)13-41-17-25(39)26(40)18-42-14-24-16-44-28(38-24)12-6-20-3-9-22(10-4-20)30(34,35)36/h1-12,15-16,25-26,39-40H,13-14,17-18H2/b11-5+,12-6+/t25-,26-/m1/s1. The Morgan fingerprint density at radius 3 is 1.32 bits per heavy atom. The van der Waals surface area contributed by atoms with Crippen LogP contribution < -0.4 is 0 Å². The first-order chi connectivity index (χ1) is 20.9. The van der Waals surface area contributed by atoms with Crippen molar-refractivity contribution in [3.63, 3.8) is 0 Å². The van der Waals surface area contributed by atoms with E-state index in [1.54, 1.807) is 0 Å². The summed E-state index contributed by atoms with van der Waals surface area (Å²) in [7, 11) is 0. The Morgan fingerprint density at radius 1 is 0.614 bits per heavy atom. The van der Waals surface area contributed by atoms with E-state index >= 15 is 0 Å². The predicted octanol–water partition coefficient (Wildman–Crippen LogP) is 6.50. The predicted molar refractivity (Wildman–Crippen MR) is 145 cm³/mol. The molecule has 0 aliphatic rings. The Hall–Kier alpha value is -4.24. The first-order valence-corrected chi connectivity index (χ1v) is 13.0. The molecule has 0 saturated carbocycles. The van der Waals surface area contributed by atoms with Gasteiger partial charge in [-0.1, -0.05) is 24.3 Å². The lowest BCUT2D eigenvalue weighted by molar-refractivity contribution is -0.138. The summed E-state index contributed by atoms with van der Waals surface area (Å²) < 4.78 is 97.3. The average molecular weight is 625 g/mol. The molecule has 234 valence electrons. The lowest BCUT2D eigenvalue weighted by Gasteiger charge is -2.17. The molecule has 2 N–H and O–H groups in total. The van der Waals surface area contributed by atoms with Crippen molar-refractivity contribution in [1.29, 1.82) is 0 Å². The molecule has 14 heteroatoms. The van der Waals surface area contributed by atoms with E-state index in [0.29, 0.717) is 22.5 Å². The fourth-order valence-electron chi connectivity index (χ4n) is 3.62. The highest BCUT2D eigenvalue weighted by atomic mass is 19.4. The maximum absolute atomic E-state index is 12.7. The topological polar surface area (TPSA) is 111 Å². The minimum Gasteiger partial charge on any atom is -0.445 e. The summed E-state index contributed by atoms with van der Waals surface area (Å²) in [6, 6.07) is 9.16. The van der Waals surface area contributed by atoms with Gasteiger partial charge in [-0.25, -0.2) is 9.97 Å². The van der Waals surface area contributed by atoms with Crippen LogP contribution in [0.25, 0.3) is 24.3 Å². The molecule has 0 bridgehead atoms. The van der Waals surface area contributed by atoms with Crippen molar-refractivity contribution >= 4 is 24.3 Å². The quantitative estimate of drug-likeness (QED) is 0.162. The van der Waals surface area contributed by atoms with E-state index < -0.39 is 35.7 Å². The van der Waals surface area contributed by atoms with Crippen molar-refractivity contribution in [2.75, 3.05) is 13.2 Å². The summed E-state index contributed by atoms with van der Waals surface area (Å²) in [4.78, 5) is 8.33. The van der Waals surface area contributed by atoms with Crippen LogP contribution in [-0.4, -0.2) is 45.6 Å². The van der Waals surface area contributed by atoms with Crippen molar-refractivity contribution in [1.82, 2.24) is 9.97 Å². The van der Waals surface area contributed by atoms with Crippen LogP contribution in [0.2, 0.25) is 0 Å². The molecule has 8 nitrogen and oxygen atoms in total. The molecule has 0 radical (unpaired) electrons. The van der Waals surface area contributed by atoms with Crippen LogP contribution in [0.5, 0.6) is 0 Å². The fraction of sp³-hybridized carbons (Fsp3) is 0.267. The van der Waals surface area contributed by atoms with Crippen LogP contribution in [0.1, 0.15) is 45.4 Å². The number of benzene rings is 2. The maximum Gasteiger partial charge on any atom is 0.416 e. The third-order valence-electron chi connectivity index (χ3n) is 5.97. The van der Waals surface area contributed by atoms with E-state index in [1.807, 2.05) is 0 Å². The summed E-state index contributed by atoms with van der Waals surface area (Å²) in [6.07, 6.45) is -2.70. The average Bonchev–Trinajstić information content (AvgIpc) is 3.64. The van der Waals surface area contributed by atoms with Gasteiger partial charge in [-0.3, -0.25) is 0 Å². The van der Waals surface area contributed by atoms with Gasteiger partial charge in [0, 0.05) is 12.2 Å².